The van der Waals surface area contributed by atoms with E-state index in [1.807, 2.05) is 37.4 Å². The average Bonchev–Trinajstić information content (AvgIpc) is 3.00. The molecule has 3 amide bonds. The van der Waals surface area contributed by atoms with Gasteiger partial charge in [0.1, 0.15) is 11.0 Å². The molecular weight excluding hydrogens is 344 g/mol. The smallest absolute Gasteiger partial charge is 0.312 e. The van der Waals surface area contributed by atoms with Crippen LogP contribution in [0, 0.1) is 0 Å². The van der Waals surface area contributed by atoms with E-state index in [9.17, 15) is 9.59 Å². The first-order valence-electron chi connectivity index (χ1n) is 7.61. The quantitative estimate of drug-likeness (QED) is 0.788. The number of nitrogens with one attached hydrogen (secondary N) is 1. The summed E-state index contributed by atoms with van der Waals surface area (Å²) in [4.78, 5) is 30.1. The van der Waals surface area contributed by atoms with Crippen LogP contribution in [-0.2, 0) is 4.79 Å². The Hall–Kier alpha value is -1.80. The van der Waals surface area contributed by atoms with Crippen molar-refractivity contribution >= 4 is 45.3 Å². The van der Waals surface area contributed by atoms with Crippen molar-refractivity contribution < 1.29 is 9.59 Å². The Morgan fingerprint density at radius 1 is 1.42 bits per heavy atom. The summed E-state index contributed by atoms with van der Waals surface area (Å²) in [7, 11) is 1.73. The molecule has 2 rings (SSSR count). The molecule has 6 nitrogen and oxygen atoms in total. The Morgan fingerprint density at radius 3 is 2.75 bits per heavy atom. The summed E-state index contributed by atoms with van der Waals surface area (Å²) in [5.41, 5.74) is 6.13. The maximum atomic E-state index is 12.7. The second-order valence-corrected chi connectivity index (χ2v) is 7.54. The van der Waals surface area contributed by atoms with Crippen molar-refractivity contribution in [1.82, 2.24) is 15.2 Å². The van der Waals surface area contributed by atoms with Gasteiger partial charge in [0.05, 0.1) is 16.3 Å². The normalized spacial score (nSPS) is 13.5. The van der Waals surface area contributed by atoms with E-state index in [-0.39, 0.29) is 11.9 Å². The topological polar surface area (TPSA) is 88.3 Å². The van der Waals surface area contributed by atoms with Gasteiger partial charge in [-0.25, -0.2) is 9.78 Å². The number of rotatable bonds is 7. The molecular formula is C16H22N4O2S2. The minimum Gasteiger partial charge on any atom is -0.352 e. The largest absolute Gasteiger partial charge is 0.352 e. The van der Waals surface area contributed by atoms with Gasteiger partial charge in [0.2, 0.25) is 5.91 Å². The van der Waals surface area contributed by atoms with Crippen LogP contribution in [0.15, 0.2) is 24.3 Å². The summed E-state index contributed by atoms with van der Waals surface area (Å²) in [5.74, 6) is 0.606. The zero-order valence-corrected chi connectivity index (χ0v) is 15.6. The van der Waals surface area contributed by atoms with E-state index >= 15 is 0 Å². The summed E-state index contributed by atoms with van der Waals surface area (Å²) < 4.78 is 1.09. The maximum Gasteiger partial charge on any atom is 0.312 e. The molecule has 0 bridgehead atoms. The van der Waals surface area contributed by atoms with Gasteiger partial charge >= 0.3 is 6.03 Å². The van der Waals surface area contributed by atoms with Crippen LogP contribution in [0.5, 0.6) is 0 Å². The molecule has 1 aromatic carbocycles. The molecule has 130 valence electrons. The Balaban J connectivity index is 2.15. The average molecular weight is 367 g/mol. The molecule has 0 fully saturated rings. The first-order valence-corrected chi connectivity index (χ1v) is 9.82. The lowest BCUT2D eigenvalue weighted by atomic mass is 10.1. The van der Waals surface area contributed by atoms with Crippen molar-refractivity contribution in [3.63, 3.8) is 0 Å². The number of thiazole rings is 1. The highest BCUT2D eigenvalue weighted by Gasteiger charge is 2.27. The molecule has 0 saturated heterocycles. The van der Waals surface area contributed by atoms with E-state index in [1.54, 1.807) is 35.0 Å². The Labute approximate surface area is 149 Å². The van der Waals surface area contributed by atoms with Gasteiger partial charge in [-0.15, -0.1) is 11.3 Å². The number of thioether (sulfide) groups is 1. The number of para-hydroxylation sites is 1. The number of carbonyl (C=O) groups is 2. The Kier molecular flexibility index (Phi) is 6.44. The molecule has 2 atom stereocenters. The standard InChI is InChI=1S/C16H22N4O2S2/c1-10(14-18-11-6-4-5-7-13(11)24-14)20(2)15(21)12(8-9-23-3)19-16(17)22/h4-7,10,12H,8-9H2,1-3H3,(H3,17,19,22)/t10-,12+/m0/s1. The lowest BCUT2D eigenvalue weighted by Gasteiger charge is -2.28. The molecule has 24 heavy (non-hydrogen) atoms. The minimum atomic E-state index is -0.685. The first-order chi connectivity index (χ1) is 11.4. The van der Waals surface area contributed by atoms with Crippen molar-refractivity contribution in [3.8, 4) is 0 Å². The number of nitrogens with zero attached hydrogens (tertiary/aromatic N) is 2. The van der Waals surface area contributed by atoms with Gasteiger partial charge < -0.3 is 16.0 Å². The van der Waals surface area contributed by atoms with Crippen molar-refractivity contribution in [3.05, 3.63) is 29.3 Å². The van der Waals surface area contributed by atoms with E-state index in [1.165, 1.54) is 0 Å². The van der Waals surface area contributed by atoms with Crippen molar-refractivity contribution in [2.24, 2.45) is 5.73 Å². The second-order valence-electron chi connectivity index (χ2n) is 5.49. The lowest BCUT2D eigenvalue weighted by molar-refractivity contribution is -0.133. The summed E-state index contributed by atoms with van der Waals surface area (Å²) in [6.45, 7) is 1.94. The number of hydrogen-bond donors (Lipinski definition) is 2. The molecule has 0 aliphatic heterocycles. The summed E-state index contributed by atoms with van der Waals surface area (Å²) in [6.07, 6.45) is 2.50. The number of fused-ring (bicyclic) bond motifs is 1. The van der Waals surface area contributed by atoms with Crippen LogP contribution in [0.1, 0.15) is 24.4 Å². The van der Waals surface area contributed by atoms with Gasteiger partial charge in [0.15, 0.2) is 0 Å². The monoisotopic (exact) mass is 366 g/mol. The maximum absolute atomic E-state index is 12.7. The van der Waals surface area contributed by atoms with Crippen LogP contribution in [0.25, 0.3) is 10.2 Å². The predicted octanol–water partition coefficient (Wildman–Crippen LogP) is 2.61. The fourth-order valence-corrected chi connectivity index (χ4v) is 3.87. The Bertz CT molecular complexity index is 686. The molecule has 0 spiro atoms. The molecule has 0 saturated carbocycles. The number of primary amides is 1. The third kappa shape index (κ3) is 4.39. The first kappa shape index (κ1) is 18.5. The van der Waals surface area contributed by atoms with Crippen molar-refractivity contribution in [1.29, 1.82) is 0 Å². The van der Waals surface area contributed by atoms with Crippen LogP contribution in [-0.4, -0.2) is 46.9 Å². The van der Waals surface area contributed by atoms with Gasteiger partial charge in [-0.2, -0.15) is 11.8 Å². The highest BCUT2D eigenvalue weighted by atomic mass is 32.2. The number of nitrogens with two attached hydrogens (primary N) is 1. The van der Waals surface area contributed by atoms with Crippen LogP contribution in [0.4, 0.5) is 4.79 Å². The molecule has 3 N–H and O–H groups in total. The van der Waals surface area contributed by atoms with Gasteiger partial charge in [0, 0.05) is 7.05 Å². The van der Waals surface area contributed by atoms with E-state index in [0.717, 1.165) is 21.0 Å². The molecule has 0 aliphatic rings. The fourth-order valence-electron chi connectivity index (χ4n) is 2.34. The summed E-state index contributed by atoms with van der Waals surface area (Å²) in [6, 6.07) is 6.41. The van der Waals surface area contributed by atoms with E-state index in [2.05, 4.69) is 10.3 Å². The molecule has 8 heteroatoms. The van der Waals surface area contributed by atoms with Crippen LogP contribution in [0.2, 0.25) is 0 Å². The van der Waals surface area contributed by atoms with Gasteiger partial charge in [-0.3, -0.25) is 4.79 Å². The van der Waals surface area contributed by atoms with E-state index < -0.39 is 12.1 Å². The highest BCUT2D eigenvalue weighted by molar-refractivity contribution is 7.98. The number of hydrogen-bond acceptors (Lipinski definition) is 5. The predicted molar refractivity (Wildman–Crippen MR) is 100 cm³/mol. The zero-order valence-electron chi connectivity index (χ0n) is 14.0. The number of likely N-dealkylation sites (N-methyl/N-ethyl adjacent to an activating group) is 1. The highest BCUT2D eigenvalue weighted by Crippen LogP contribution is 2.29. The van der Waals surface area contributed by atoms with E-state index in [4.69, 9.17) is 5.73 Å². The van der Waals surface area contributed by atoms with Gasteiger partial charge in [-0.1, -0.05) is 12.1 Å². The zero-order chi connectivity index (χ0) is 17.7. The number of benzene rings is 1. The summed E-state index contributed by atoms with van der Waals surface area (Å²) in [5, 5.41) is 3.42. The Morgan fingerprint density at radius 2 is 2.12 bits per heavy atom. The van der Waals surface area contributed by atoms with Crippen LogP contribution < -0.4 is 11.1 Å². The fraction of sp³-hybridized carbons (Fsp3) is 0.438. The van der Waals surface area contributed by atoms with Crippen molar-refractivity contribution in [2.75, 3.05) is 19.1 Å². The van der Waals surface area contributed by atoms with Gasteiger partial charge in [-0.05, 0) is 37.5 Å². The van der Waals surface area contributed by atoms with Crippen molar-refractivity contribution in [2.45, 2.75) is 25.4 Å². The summed E-state index contributed by atoms with van der Waals surface area (Å²) >= 11 is 3.19. The lowest BCUT2D eigenvalue weighted by Crippen LogP contribution is -2.49. The van der Waals surface area contributed by atoms with Crippen LogP contribution >= 0.6 is 23.1 Å². The molecule has 0 aliphatic carbocycles. The van der Waals surface area contributed by atoms with Crippen LogP contribution in [0.3, 0.4) is 0 Å². The van der Waals surface area contributed by atoms with Gasteiger partial charge in [0.25, 0.3) is 0 Å². The second kappa shape index (κ2) is 8.34. The number of urea groups is 1. The number of amides is 3. The van der Waals surface area contributed by atoms with E-state index in [0.29, 0.717) is 6.42 Å². The molecule has 0 unspecified atom stereocenters. The third-order valence-corrected chi connectivity index (χ3v) is 5.67. The molecule has 1 aromatic heterocycles. The molecule has 0 radical (unpaired) electrons. The minimum absolute atomic E-state index is 0.158. The number of aromatic nitrogens is 1. The SMILES string of the molecule is CSCC[C@@H](NC(N)=O)C(=O)N(C)[C@@H](C)c1nc2ccccc2s1. The molecule has 1 heterocycles. The molecule has 2 aromatic rings. The number of carbonyl (C=O) groups excluding carboxylic acids is 2. The third-order valence-electron chi connectivity index (χ3n) is 3.82.